The van der Waals surface area contributed by atoms with Gasteiger partial charge in [0.25, 0.3) is 0 Å². The lowest BCUT2D eigenvalue weighted by atomic mass is 9.91. The molecule has 1 heteroatoms. The molecule has 0 saturated carbocycles. The van der Waals surface area contributed by atoms with E-state index in [1.807, 2.05) is 0 Å². The summed E-state index contributed by atoms with van der Waals surface area (Å²) in [5.74, 6) is 0. The molecule has 8 rings (SSSR count). The predicted molar refractivity (Wildman–Crippen MR) is 201 cm³/mol. The van der Waals surface area contributed by atoms with E-state index in [0.717, 1.165) is 18.5 Å². The maximum Gasteiger partial charge on any atom is 0.0458 e. The second kappa shape index (κ2) is 12.8. The van der Waals surface area contributed by atoms with E-state index in [0.29, 0.717) is 0 Å². The van der Waals surface area contributed by atoms with Crippen molar-refractivity contribution in [2.24, 2.45) is 0 Å². The lowest BCUT2D eigenvalue weighted by Gasteiger charge is -2.29. The molecular weight excluding hydrogens is 567 g/mol. The Labute approximate surface area is 277 Å². The van der Waals surface area contributed by atoms with E-state index in [-0.39, 0.29) is 0 Å². The fourth-order valence-electron chi connectivity index (χ4n) is 6.68. The third-order valence-electron chi connectivity index (χ3n) is 9.14. The zero-order valence-corrected chi connectivity index (χ0v) is 26.3. The van der Waals surface area contributed by atoms with E-state index in [9.17, 15) is 0 Å². The molecule has 0 fully saturated rings. The van der Waals surface area contributed by atoms with E-state index in [1.54, 1.807) is 0 Å². The molecule has 0 radical (unpaired) electrons. The summed E-state index contributed by atoms with van der Waals surface area (Å²) in [6.07, 6.45) is 8.74. The summed E-state index contributed by atoms with van der Waals surface area (Å²) < 4.78 is 0. The summed E-state index contributed by atoms with van der Waals surface area (Å²) in [6.45, 7) is 0. The summed E-state index contributed by atoms with van der Waals surface area (Å²) in [5.41, 5.74) is 13.4. The smallest absolute Gasteiger partial charge is 0.0458 e. The van der Waals surface area contributed by atoms with E-state index < -0.39 is 0 Å². The van der Waals surface area contributed by atoms with Crippen molar-refractivity contribution in [2.45, 2.75) is 12.8 Å². The number of fused-ring (bicyclic) bond motifs is 1. The van der Waals surface area contributed by atoms with Crippen molar-refractivity contribution in [3.8, 4) is 44.5 Å². The molecule has 1 aliphatic carbocycles. The average molecular weight is 602 g/mol. The summed E-state index contributed by atoms with van der Waals surface area (Å²) in [5, 5.41) is 2.53. The van der Waals surface area contributed by atoms with Crippen LogP contribution in [0.2, 0.25) is 0 Å². The van der Waals surface area contributed by atoms with Crippen LogP contribution < -0.4 is 4.90 Å². The minimum Gasteiger partial charge on any atom is -0.314 e. The molecule has 0 bridgehead atoms. The molecule has 0 aliphatic heterocycles. The Kier molecular flexibility index (Phi) is 7.79. The first-order chi connectivity index (χ1) is 23.3. The van der Waals surface area contributed by atoms with Crippen LogP contribution in [0.4, 0.5) is 11.4 Å². The first-order valence-corrected chi connectivity index (χ1v) is 16.4. The van der Waals surface area contributed by atoms with Gasteiger partial charge in [0.05, 0.1) is 0 Å². The van der Waals surface area contributed by atoms with Crippen molar-refractivity contribution in [3.05, 3.63) is 194 Å². The van der Waals surface area contributed by atoms with Crippen LogP contribution in [0, 0.1) is 0 Å². The molecule has 0 atom stereocenters. The normalized spacial score (nSPS) is 12.6. The Morgan fingerprint density at radius 3 is 1.53 bits per heavy atom. The van der Waals surface area contributed by atoms with E-state index in [4.69, 9.17) is 0 Å². The highest BCUT2D eigenvalue weighted by molar-refractivity contribution is 5.89. The van der Waals surface area contributed by atoms with Crippen molar-refractivity contribution in [2.75, 3.05) is 4.90 Å². The Morgan fingerprint density at radius 2 is 0.915 bits per heavy atom. The number of nitrogens with zero attached hydrogens (tertiary/aromatic N) is 1. The van der Waals surface area contributed by atoms with E-state index >= 15 is 0 Å². The van der Waals surface area contributed by atoms with Gasteiger partial charge < -0.3 is 4.90 Å². The molecule has 0 spiro atoms. The van der Waals surface area contributed by atoms with Gasteiger partial charge in [0.1, 0.15) is 0 Å². The Hall–Kier alpha value is -5.92. The predicted octanol–water partition coefficient (Wildman–Crippen LogP) is 12.9. The van der Waals surface area contributed by atoms with Gasteiger partial charge >= 0.3 is 0 Å². The van der Waals surface area contributed by atoms with E-state index in [2.05, 4.69) is 193 Å². The molecule has 0 heterocycles. The van der Waals surface area contributed by atoms with Gasteiger partial charge in [-0.2, -0.15) is 0 Å². The third-order valence-corrected chi connectivity index (χ3v) is 9.14. The van der Waals surface area contributed by atoms with Crippen molar-refractivity contribution in [3.63, 3.8) is 0 Å². The molecule has 224 valence electrons. The zero-order chi connectivity index (χ0) is 31.4. The first kappa shape index (κ1) is 28.5. The molecule has 0 aromatic heterocycles. The van der Waals surface area contributed by atoms with Crippen LogP contribution in [0.25, 0.3) is 55.3 Å². The van der Waals surface area contributed by atoms with Gasteiger partial charge in [-0.25, -0.2) is 0 Å². The van der Waals surface area contributed by atoms with Gasteiger partial charge in [0.2, 0.25) is 0 Å². The molecule has 0 saturated heterocycles. The summed E-state index contributed by atoms with van der Waals surface area (Å²) in [6, 6.07) is 61.5. The molecule has 1 nitrogen and oxygen atoms in total. The standard InChI is InChI=1S/C46H35N/c1-4-13-37(14-5-1)45-31-26-41(33-46(45)38-15-6-2-7-16-38)36-24-29-44(30-25-36)47(42-18-8-3-9-19-42)43-27-22-35(23-28-43)40-21-20-34-12-10-11-17-39(34)32-40/h1-8,10-18,20-33H,9,19H2. The van der Waals surface area contributed by atoms with E-state index in [1.165, 1.54) is 66.7 Å². The monoisotopic (exact) mass is 601 g/mol. The minimum atomic E-state index is 1.01. The molecule has 1 aliphatic rings. The Bertz CT molecular complexity index is 2210. The number of allylic oxidation sites excluding steroid dienone is 4. The largest absolute Gasteiger partial charge is 0.314 e. The van der Waals surface area contributed by atoms with Crippen LogP contribution in [0.1, 0.15) is 12.8 Å². The van der Waals surface area contributed by atoms with Crippen LogP contribution in [-0.2, 0) is 0 Å². The Balaban J connectivity index is 1.14. The van der Waals surface area contributed by atoms with Crippen molar-refractivity contribution >= 4 is 22.1 Å². The number of hydrogen-bond acceptors (Lipinski definition) is 1. The maximum atomic E-state index is 2.41. The fourth-order valence-corrected chi connectivity index (χ4v) is 6.68. The number of benzene rings is 7. The lowest BCUT2D eigenvalue weighted by Crippen LogP contribution is -2.17. The van der Waals surface area contributed by atoms with Crippen molar-refractivity contribution < 1.29 is 0 Å². The Morgan fingerprint density at radius 1 is 0.383 bits per heavy atom. The van der Waals surface area contributed by atoms with Gasteiger partial charge in [0.15, 0.2) is 0 Å². The van der Waals surface area contributed by atoms with Gasteiger partial charge in [0, 0.05) is 17.1 Å². The van der Waals surface area contributed by atoms with Crippen LogP contribution in [0.15, 0.2) is 194 Å². The van der Waals surface area contributed by atoms with Crippen molar-refractivity contribution in [1.82, 2.24) is 0 Å². The van der Waals surface area contributed by atoms with Crippen LogP contribution >= 0.6 is 0 Å². The van der Waals surface area contributed by atoms with Gasteiger partial charge in [-0.05, 0) is 111 Å². The lowest BCUT2D eigenvalue weighted by molar-refractivity contribution is 0.918. The molecule has 7 aromatic carbocycles. The van der Waals surface area contributed by atoms with Crippen LogP contribution in [0.3, 0.4) is 0 Å². The van der Waals surface area contributed by atoms with Crippen LogP contribution in [-0.4, -0.2) is 0 Å². The van der Waals surface area contributed by atoms with Crippen LogP contribution in [0.5, 0.6) is 0 Å². The second-order valence-electron chi connectivity index (χ2n) is 12.1. The second-order valence-corrected chi connectivity index (χ2v) is 12.1. The molecule has 0 amide bonds. The maximum absolute atomic E-state index is 2.41. The van der Waals surface area contributed by atoms with Gasteiger partial charge in [-0.3, -0.25) is 0 Å². The molecule has 7 aromatic rings. The summed E-state index contributed by atoms with van der Waals surface area (Å²) in [4.78, 5) is 2.41. The topological polar surface area (TPSA) is 3.24 Å². The number of rotatable bonds is 7. The average Bonchev–Trinajstić information content (AvgIpc) is 3.16. The third kappa shape index (κ3) is 5.92. The quantitative estimate of drug-likeness (QED) is 0.176. The number of anilines is 2. The highest BCUT2D eigenvalue weighted by atomic mass is 15.1. The molecule has 0 N–H and O–H groups in total. The molecular formula is C46H35N. The molecule has 47 heavy (non-hydrogen) atoms. The number of hydrogen-bond donors (Lipinski definition) is 0. The first-order valence-electron chi connectivity index (χ1n) is 16.4. The highest BCUT2D eigenvalue weighted by Crippen LogP contribution is 2.38. The zero-order valence-electron chi connectivity index (χ0n) is 26.3. The molecule has 0 unspecified atom stereocenters. The SMILES string of the molecule is C1=CCCC(N(c2ccc(-c3ccc(-c4ccccc4)c(-c4ccccc4)c3)cc2)c2ccc(-c3ccc4ccccc4c3)cc2)=C1. The minimum absolute atomic E-state index is 1.01. The highest BCUT2D eigenvalue weighted by Gasteiger charge is 2.17. The van der Waals surface area contributed by atoms with Gasteiger partial charge in [-0.15, -0.1) is 0 Å². The summed E-state index contributed by atoms with van der Waals surface area (Å²) in [7, 11) is 0. The van der Waals surface area contributed by atoms with Crippen molar-refractivity contribution in [1.29, 1.82) is 0 Å². The summed E-state index contributed by atoms with van der Waals surface area (Å²) >= 11 is 0. The fraction of sp³-hybridized carbons (Fsp3) is 0.0435. The van der Waals surface area contributed by atoms with Gasteiger partial charge in [-0.1, -0.05) is 146 Å².